The molecule has 29 heavy (non-hydrogen) atoms. The smallest absolute Gasteiger partial charge is 0.308 e. The monoisotopic (exact) mass is 404 g/mol. The lowest BCUT2D eigenvalue weighted by molar-refractivity contribution is -0.162. The Morgan fingerprint density at radius 1 is 0.828 bits per heavy atom. The molecule has 2 atom stereocenters. The van der Waals surface area contributed by atoms with Gasteiger partial charge in [0.2, 0.25) is 0 Å². The molecule has 1 aliphatic rings. The van der Waals surface area contributed by atoms with Crippen LogP contribution in [0.2, 0.25) is 0 Å². The molecule has 148 valence electrons. The van der Waals surface area contributed by atoms with Crippen LogP contribution in [0.15, 0.2) is 91.0 Å². The van der Waals surface area contributed by atoms with Crippen LogP contribution in [0.1, 0.15) is 12.8 Å². The number of cyclic esters (lactones) is 1. The molecule has 0 spiro atoms. The van der Waals surface area contributed by atoms with Gasteiger partial charge in [-0.25, -0.2) is 0 Å². The van der Waals surface area contributed by atoms with Gasteiger partial charge in [-0.1, -0.05) is 91.0 Å². The molecule has 0 radical (unpaired) electrons. The van der Waals surface area contributed by atoms with Crippen molar-refractivity contribution in [1.82, 2.24) is 0 Å². The zero-order valence-electron chi connectivity index (χ0n) is 16.1. The summed E-state index contributed by atoms with van der Waals surface area (Å²) < 4.78 is 12.2. The van der Waals surface area contributed by atoms with E-state index in [-0.39, 0.29) is 19.0 Å². The Morgan fingerprint density at radius 3 is 1.69 bits per heavy atom. The third kappa shape index (κ3) is 4.17. The number of esters is 1. The van der Waals surface area contributed by atoms with Crippen LogP contribution in [0.25, 0.3) is 0 Å². The van der Waals surface area contributed by atoms with Crippen molar-refractivity contribution in [1.29, 1.82) is 0 Å². The van der Waals surface area contributed by atoms with Gasteiger partial charge in [0.15, 0.2) is 0 Å². The number of hydrogen-bond acceptors (Lipinski definition) is 4. The van der Waals surface area contributed by atoms with Gasteiger partial charge in [-0.2, -0.15) is 0 Å². The number of benzene rings is 3. The lowest BCUT2D eigenvalue weighted by Crippen LogP contribution is -2.70. The first-order valence-electron chi connectivity index (χ1n) is 9.86. The zero-order valence-corrected chi connectivity index (χ0v) is 17.1. The highest BCUT2D eigenvalue weighted by Gasteiger charge is 2.43. The highest BCUT2D eigenvalue weighted by molar-refractivity contribution is 7.07. The summed E-state index contributed by atoms with van der Waals surface area (Å²) in [6, 6.07) is 30.8. The number of carbonyl (C=O) groups is 1. The predicted octanol–water partition coefficient (Wildman–Crippen LogP) is 1.74. The van der Waals surface area contributed by atoms with E-state index in [0.717, 1.165) is 15.6 Å². The minimum Gasteiger partial charge on any atom is -0.460 e. The maximum atomic E-state index is 11.8. The second-order valence-electron chi connectivity index (χ2n) is 7.30. The summed E-state index contributed by atoms with van der Waals surface area (Å²) in [5.41, 5.74) is 0. The molecule has 3 aromatic carbocycles. The van der Waals surface area contributed by atoms with E-state index in [1.165, 1.54) is 0 Å². The second kappa shape index (κ2) is 8.74. The van der Waals surface area contributed by atoms with Crippen molar-refractivity contribution in [2.45, 2.75) is 25.0 Å². The summed E-state index contributed by atoms with van der Waals surface area (Å²) in [6.45, 7) is 0.244. The van der Waals surface area contributed by atoms with Gasteiger partial charge in [0.25, 0.3) is 8.32 Å². The highest BCUT2D eigenvalue weighted by atomic mass is 28.4. The molecule has 1 saturated heterocycles. The number of aliphatic hydroxyl groups is 1. The van der Waals surface area contributed by atoms with Gasteiger partial charge in [-0.05, 0) is 15.6 Å². The normalized spacial score (nSPS) is 19.6. The highest BCUT2D eigenvalue weighted by Crippen LogP contribution is 2.18. The van der Waals surface area contributed by atoms with E-state index in [1.54, 1.807) is 0 Å². The largest absolute Gasteiger partial charge is 0.460 e. The van der Waals surface area contributed by atoms with Gasteiger partial charge in [0.1, 0.15) is 6.10 Å². The van der Waals surface area contributed by atoms with E-state index in [4.69, 9.17) is 9.16 Å². The van der Waals surface area contributed by atoms with E-state index >= 15 is 0 Å². The van der Waals surface area contributed by atoms with Crippen LogP contribution in [-0.2, 0) is 14.0 Å². The third-order valence-corrected chi connectivity index (χ3v) is 9.30. The van der Waals surface area contributed by atoms with E-state index < -0.39 is 20.5 Å². The van der Waals surface area contributed by atoms with Crippen molar-refractivity contribution < 1.29 is 19.1 Å². The van der Waals surface area contributed by atoms with Gasteiger partial charge in [0.05, 0.1) is 19.1 Å². The molecule has 1 heterocycles. The van der Waals surface area contributed by atoms with Gasteiger partial charge in [-0.15, -0.1) is 0 Å². The molecule has 0 bridgehead atoms. The van der Waals surface area contributed by atoms with Crippen LogP contribution >= 0.6 is 0 Å². The first-order valence-corrected chi connectivity index (χ1v) is 11.8. The van der Waals surface area contributed by atoms with Gasteiger partial charge >= 0.3 is 5.97 Å². The van der Waals surface area contributed by atoms with Crippen LogP contribution < -0.4 is 15.6 Å². The van der Waals surface area contributed by atoms with E-state index in [9.17, 15) is 9.90 Å². The van der Waals surface area contributed by atoms with Crippen LogP contribution in [0, 0.1) is 0 Å². The molecule has 0 aliphatic carbocycles. The van der Waals surface area contributed by atoms with Gasteiger partial charge in [-0.3, -0.25) is 4.79 Å². The Morgan fingerprint density at radius 2 is 1.28 bits per heavy atom. The lowest BCUT2D eigenvalue weighted by atomic mass is 10.1. The molecule has 0 aromatic heterocycles. The molecule has 1 fully saturated rings. The van der Waals surface area contributed by atoms with Crippen LogP contribution in [0.4, 0.5) is 0 Å². The van der Waals surface area contributed by atoms with Crippen molar-refractivity contribution in [2.75, 3.05) is 6.61 Å². The fourth-order valence-electron chi connectivity index (χ4n) is 3.95. The number of ether oxygens (including phenoxy) is 1. The molecule has 2 unspecified atom stereocenters. The zero-order chi connectivity index (χ0) is 20.1. The van der Waals surface area contributed by atoms with Crippen molar-refractivity contribution in [3.63, 3.8) is 0 Å². The third-order valence-electron chi connectivity index (χ3n) is 5.26. The number of hydrogen-bond donors (Lipinski definition) is 1. The predicted molar refractivity (Wildman–Crippen MR) is 115 cm³/mol. The van der Waals surface area contributed by atoms with Gasteiger partial charge in [0, 0.05) is 6.42 Å². The maximum Gasteiger partial charge on any atom is 0.308 e. The molecule has 0 amide bonds. The van der Waals surface area contributed by atoms with Gasteiger partial charge < -0.3 is 14.3 Å². The standard InChI is InChI=1S/C24H24O4Si/c25-19-16-20(28-24(26)17-19)18-27-29(21-10-4-1-5-11-21,22-12-6-2-7-13-22)23-14-8-3-9-15-23/h1-15,19-20,25H,16-18H2. The van der Waals surface area contributed by atoms with E-state index in [1.807, 2.05) is 54.6 Å². The average Bonchev–Trinajstić information content (AvgIpc) is 2.76. The number of aliphatic hydroxyl groups excluding tert-OH is 1. The van der Waals surface area contributed by atoms with Crippen molar-refractivity contribution >= 4 is 29.8 Å². The first-order chi connectivity index (χ1) is 14.2. The van der Waals surface area contributed by atoms with E-state index in [0.29, 0.717) is 6.42 Å². The molecular weight excluding hydrogens is 380 g/mol. The second-order valence-corrected chi connectivity index (χ2v) is 10.7. The molecule has 5 heteroatoms. The molecule has 1 aliphatic heterocycles. The lowest BCUT2D eigenvalue weighted by Gasteiger charge is -2.35. The van der Waals surface area contributed by atoms with Crippen LogP contribution in [0.5, 0.6) is 0 Å². The minimum absolute atomic E-state index is 0.0507. The maximum absolute atomic E-state index is 11.8. The van der Waals surface area contributed by atoms with Crippen LogP contribution in [-0.4, -0.2) is 38.2 Å². The van der Waals surface area contributed by atoms with Crippen molar-refractivity contribution in [3.05, 3.63) is 91.0 Å². The Labute approximate surface area is 171 Å². The summed E-state index contributed by atoms with van der Waals surface area (Å²) in [7, 11) is -2.82. The molecule has 0 saturated carbocycles. The SMILES string of the molecule is O=C1CC(O)CC(CO[Si](c2ccccc2)(c2ccccc2)c2ccccc2)O1. The summed E-state index contributed by atoms with van der Waals surface area (Å²) >= 11 is 0. The minimum atomic E-state index is -2.82. The Hall–Kier alpha value is -2.73. The average molecular weight is 405 g/mol. The summed E-state index contributed by atoms with van der Waals surface area (Å²) in [6.07, 6.45) is -0.677. The first kappa shape index (κ1) is 19.6. The fraction of sp³-hybridized carbons (Fsp3) is 0.208. The van der Waals surface area contributed by atoms with Crippen molar-refractivity contribution in [2.24, 2.45) is 0 Å². The van der Waals surface area contributed by atoms with E-state index in [2.05, 4.69) is 36.4 Å². The Balaban J connectivity index is 1.78. The van der Waals surface area contributed by atoms with Crippen LogP contribution in [0.3, 0.4) is 0 Å². The topological polar surface area (TPSA) is 55.8 Å². The molecular formula is C24H24O4Si. The summed E-state index contributed by atoms with van der Waals surface area (Å²) in [5, 5.41) is 13.4. The van der Waals surface area contributed by atoms with Crippen molar-refractivity contribution in [3.8, 4) is 0 Å². The summed E-state index contributed by atoms with van der Waals surface area (Å²) in [4.78, 5) is 11.8. The Kier molecular flexibility index (Phi) is 5.90. The molecule has 3 aromatic rings. The number of rotatable bonds is 6. The molecule has 4 rings (SSSR count). The summed E-state index contributed by atoms with van der Waals surface area (Å²) in [5.74, 6) is -0.372. The fourth-order valence-corrected chi connectivity index (χ4v) is 7.87. The number of carbonyl (C=O) groups excluding carboxylic acids is 1. The Bertz CT molecular complexity index is 834. The molecule has 4 nitrogen and oxygen atoms in total. The quantitative estimate of drug-likeness (QED) is 0.386. The molecule has 1 N–H and O–H groups in total.